The first-order chi connectivity index (χ1) is 25.0. The van der Waals surface area contributed by atoms with Crippen molar-refractivity contribution in [3.63, 3.8) is 0 Å². The van der Waals surface area contributed by atoms with E-state index >= 15 is 0 Å². The topological polar surface area (TPSA) is 172 Å². The monoisotopic (exact) mass is 773 g/mol. The summed E-state index contributed by atoms with van der Waals surface area (Å²) in [5, 5.41) is 34.0. The molecular formula is C40H71NO13. The zero-order valence-electron chi connectivity index (χ0n) is 35.3. The van der Waals surface area contributed by atoms with Crippen molar-refractivity contribution in [3.8, 4) is 0 Å². The third-order valence-electron chi connectivity index (χ3n) is 13.6. The van der Waals surface area contributed by atoms with E-state index in [-0.39, 0.29) is 36.8 Å². The fourth-order valence-corrected chi connectivity index (χ4v) is 9.34. The molecule has 3 N–H and O–H groups in total. The van der Waals surface area contributed by atoms with Gasteiger partial charge in [0, 0.05) is 63.5 Å². The minimum absolute atomic E-state index is 0.0512. The molecule has 0 aromatic rings. The van der Waals surface area contributed by atoms with Crippen LogP contribution in [0.3, 0.4) is 0 Å². The summed E-state index contributed by atoms with van der Waals surface area (Å²) in [6.07, 6.45) is -7.39. The highest BCUT2D eigenvalue weighted by Crippen LogP contribution is 2.51. The van der Waals surface area contributed by atoms with Crippen molar-refractivity contribution in [1.29, 1.82) is 0 Å². The molecule has 19 atom stereocenters. The van der Waals surface area contributed by atoms with Crippen LogP contribution in [0.1, 0.15) is 95.4 Å². The molecule has 314 valence electrons. The number of ether oxygens (including phenoxy) is 8. The Morgan fingerprint density at radius 1 is 0.833 bits per heavy atom. The molecule has 4 rings (SSSR count). The van der Waals surface area contributed by atoms with Crippen LogP contribution in [-0.4, -0.2) is 151 Å². The van der Waals surface area contributed by atoms with Crippen molar-refractivity contribution in [2.24, 2.45) is 29.6 Å². The quantitative estimate of drug-likeness (QED) is 0.292. The number of fused-ring (bicyclic) bond motifs is 1. The number of rotatable bonds is 9. The van der Waals surface area contributed by atoms with Crippen LogP contribution in [0.4, 0.5) is 0 Å². The van der Waals surface area contributed by atoms with Crippen LogP contribution >= 0.6 is 0 Å². The minimum atomic E-state index is -1.80. The zero-order valence-corrected chi connectivity index (χ0v) is 35.3. The van der Waals surface area contributed by atoms with Gasteiger partial charge in [0.2, 0.25) is 0 Å². The van der Waals surface area contributed by atoms with Crippen molar-refractivity contribution in [3.05, 3.63) is 0 Å². The number of likely N-dealkylation sites (N-methyl/N-ethyl adjacent to an activating group) is 1. The predicted molar refractivity (Wildman–Crippen MR) is 198 cm³/mol. The van der Waals surface area contributed by atoms with Gasteiger partial charge in [0.1, 0.15) is 29.7 Å². The first-order valence-electron chi connectivity index (χ1n) is 19.8. The lowest BCUT2D eigenvalue weighted by molar-refractivity contribution is -0.321. The number of aliphatic hydroxyl groups excluding tert-OH is 2. The smallest absolute Gasteiger partial charge is 0.311 e. The summed E-state index contributed by atoms with van der Waals surface area (Å²) in [5.41, 5.74) is -4.00. The summed E-state index contributed by atoms with van der Waals surface area (Å²) in [5.74, 6) is -4.77. The molecule has 4 aliphatic rings. The molecule has 54 heavy (non-hydrogen) atoms. The molecule has 0 aromatic carbocycles. The second-order valence-corrected chi connectivity index (χ2v) is 17.6. The van der Waals surface area contributed by atoms with E-state index in [9.17, 15) is 24.9 Å². The van der Waals surface area contributed by atoms with Crippen LogP contribution in [0.2, 0.25) is 0 Å². The summed E-state index contributed by atoms with van der Waals surface area (Å²) < 4.78 is 50.8. The van der Waals surface area contributed by atoms with Crippen LogP contribution < -0.4 is 0 Å². The Bertz CT molecular complexity index is 1290. The molecule has 1 saturated carbocycles. The number of Topliss-reactive ketones (excluding diaryl/α,β-unsaturated/α-hetero) is 1. The maximum atomic E-state index is 14.2. The number of carbonyl (C=O) groups excluding carboxylic acids is 2. The summed E-state index contributed by atoms with van der Waals surface area (Å²) >= 11 is 0. The zero-order chi connectivity index (χ0) is 40.8. The van der Waals surface area contributed by atoms with Crippen LogP contribution in [-0.2, 0) is 47.5 Å². The van der Waals surface area contributed by atoms with Gasteiger partial charge in [-0.3, -0.25) is 14.5 Å². The Morgan fingerprint density at radius 2 is 1.44 bits per heavy atom. The van der Waals surface area contributed by atoms with Gasteiger partial charge >= 0.3 is 5.97 Å². The number of hydrogen-bond donors (Lipinski definition) is 3. The van der Waals surface area contributed by atoms with E-state index in [1.165, 1.54) is 7.11 Å². The highest BCUT2D eigenvalue weighted by molar-refractivity contribution is 5.84. The Kier molecular flexibility index (Phi) is 14.5. The molecule has 1 unspecified atom stereocenters. The van der Waals surface area contributed by atoms with Crippen LogP contribution in [0.5, 0.6) is 0 Å². The van der Waals surface area contributed by atoms with E-state index in [2.05, 4.69) is 25.8 Å². The van der Waals surface area contributed by atoms with Crippen molar-refractivity contribution in [2.45, 2.75) is 186 Å². The number of nitrogens with zero attached hydrogens (tertiary/aromatic N) is 1. The Balaban J connectivity index is 1.85. The minimum Gasteiger partial charge on any atom is -0.458 e. The summed E-state index contributed by atoms with van der Waals surface area (Å²) in [7, 11) is 6.76. The fourth-order valence-electron chi connectivity index (χ4n) is 9.34. The molecule has 3 saturated heterocycles. The number of carbonyl (C=O) groups is 2. The van der Waals surface area contributed by atoms with E-state index in [1.54, 1.807) is 55.8 Å². The van der Waals surface area contributed by atoms with Gasteiger partial charge in [-0.25, -0.2) is 0 Å². The van der Waals surface area contributed by atoms with Crippen molar-refractivity contribution in [2.75, 3.05) is 28.4 Å². The van der Waals surface area contributed by atoms with Gasteiger partial charge in [-0.15, -0.1) is 0 Å². The van der Waals surface area contributed by atoms with E-state index in [4.69, 9.17) is 37.9 Å². The first kappa shape index (κ1) is 45.4. The van der Waals surface area contributed by atoms with Crippen molar-refractivity contribution in [1.82, 2.24) is 4.90 Å². The Morgan fingerprint density at radius 3 is 2.00 bits per heavy atom. The van der Waals surface area contributed by atoms with E-state index in [0.717, 1.165) is 0 Å². The third kappa shape index (κ3) is 8.60. The molecule has 4 fully saturated rings. The van der Waals surface area contributed by atoms with Gasteiger partial charge in [0.05, 0.1) is 47.6 Å². The van der Waals surface area contributed by atoms with Crippen LogP contribution in [0, 0.1) is 29.6 Å². The molecule has 0 amide bonds. The molecule has 0 aromatic heterocycles. The predicted octanol–water partition coefficient (Wildman–Crippen LogP) is 3.09. The standard InChI is InChI=1S/C40H71NO13/c1-19(2)41(12)27-16-21(4)50-37(31(27)47-13)54-34-23(6)30(52-28-18-38(10,48-14)33(44)26(9)51-28)24(7)36(45)53-35-25(8)40(35,46)32(43)22(5)29(42)20(3)17-39(34,11)49-15/h19-28,30-35,37,43-44,46H,16-18H2,1-15H3/t20-,21-,22+,23+,24-,25?,26+,27+,28-,30+,31-,32-,33+,34-,35-,37+,38-,39+,40+/m1/s1. The van der Waals surface area contributed by atoms with Gasteiger partial charge in [0.25, 0.3) is 0 Å². The van der Waals surface area contributed by atoms with Crippen LogP contribution in [0.15, 0.2) is 0 Å². The normalized spacial score (nSPS) is 49.7. The van der Waals surface area contributed by atoms with E-state index < -0.39 is 108 Å². The van der Waals surface area contributed by atoms with E-state index in [0.29, 0.717) is 6.42 Å². The van der Waals surface area contributed by atoms with Gasteiger partial charge in [-0.05, 0) is 68.4 Å². The molecule has 3 heterocycles. The van der Waals surface area contributed by atoms with E-state index in [1.807, 2.05) is 20.8 Å². The van der Waals surface area contributed by atoms with Crippen molar-refractivity contribution >= 4 is 11.8 Å². The molecule has 0 radical (unpaired) electrons. The molecule has 0 spiro atoms. The van der Waals surface area contributed by atoms with Crippen molar-refractivity contribution < 1.29 is 62.8 Å². The summed E-state index contributed by atoms with van der Waals surface area (Å²) in [6, 6.07) is 0.163. The lowest BCUT2D eigenvalue weighted by atomic mass is 9.75. The highest BCUT2D eigenvalue weighted by Gasteiger charge is 2.70. The first-order valence-corrected chi connectivity index (χ1v) is 19.8. The third-order valence-corrected chi connectivity index (χ3v) is 13.6. The average Bonchev–Trinajstić information content (AvgIpc) is 3.66. The van der Waals surface area contributed by atoms with Gasteiger partial charge in [-0.1, -0.05) is 27.7 Å². The van der Waals surface area contributed by atoms with Crippen LogP contribution in [0.25, 0.3) is 0 Å². The largest absolute Gasteiger partial charge is 0.458 e. The maximum absolute atomic E-state index is 14.2. The lowest BCUT2D eigenvalue weighted by Crippen LogP contribution is -2.62. The molecule has 0 bridgehead atoms. The Hall–Kier alpha value is -1.30. The van der Waals surface area contributed by atoms with Gasteiger partial charge in [-0.2, -0.15) is 0 Å². The van der Waals surface area contributed by atoms with Gasteiger partial charge < -0.3 is 53.2 Å². The fraction of sp³-hybridized carbons (Fsp3) is 0.950. The highest BCUT2D eigenvalue weighted by atomic mass is 16.7. The second-order valence-electron chi connectivity index (χ2n) is 17.6. The number of hydrogen-bond acceptors (Lipinski definition) is 14. The summed E-state index contributed by atoms with van der Waals surface area (Å²) in [4.78, 5) is 30.5. The number of aliphatic hydroxyl groups is 3. The number of ketones is 1. The van der Waals surface area contributed by atoms with Gasteiger partial charge in [0.15, 0.2) is 12.6 Å². The molecule has 14 heteroatoms. The lowest BCUT2D eigenvalue weighted by Gasteiger charge is -2.50. The Labute approximate surface area is 322 Å². The average molecular weight is 774 g/mol. The molecule has 3 aliphatic heterocycles. The molecule has 1 aliphatic carbocycles. The maximum Gasteiger partial charge on any atom is 0.311 e. The SMILES string of the molecule is CO[C@H]1[C@H](O[C@@H]2[C@@H](C)[C@H](O[C@@H]3C[C@@](C)(OC)[C@@H](O)[C@H](C)O3)[C@@H](C)C(=O)O[C@@H]3C(C)[C@]3(O)[C@H](O)[C@@H](C)C(=O)[C@H](C)C[C@]2(C)OC)O[C@H](C)C[C@@H]1N(C)C(C)C. The number of esters is 1. The molecular weight excluding hydrogens is 702 g/mol. The second kappa shape index (κ2) is 17.3. The number of methoxy groups -OCH3 is 3. The molecule has 14 nitrogen and oxygen atoms in total. The summed E-state index contributed by atoms with van der Waals surface area (Å²) in [6.45, 7) is 20.3.